The van der Waals surface area contributed by atoms with Crippen LogP contribution in [0.2, 0.25) is 0 Å². The molecule has 1 fully saturated rings. The molecule has 1 unspecified atom stereocenters. The first kappa shape index (κ1) is 12.4. The molecule has 0 spiro atoms. The molecule has 1 aliphatic rings. The summed E-state index contributed by atoms with van der Waals surface area (Å²) in [6.45, 7) is 3.26. The number of hydrogen-bond acceptors (Lipinski definition) is 5. The maximum Gasteiger partial charge on any atom is 0.279 e. The van der Waals surface area contributed by atoms with E-state index in [2.05, 4.69) is 32.3 Å². The smallest absolute Gasteiger partial charge is 0.195 e. The van der Waals surface area contributed by atoms with Gasteiger partial charge in [-0.15, -0.1) is 10.2 Å². The van der Waals surface area contributed by atoms with Crippen molar-refractivity contribution in [2.24, 2.45) is 5.92 Å². The maximum atomic E-state index is 12.0. The molecule has 0 bridgehead atoms. The monoisotopic (exact) mass is 260 g/mol. The lowest BCUT2D eigenvalue weighted by molar-refractivity contribution is 0.278. The molecule has 2 heterocycles. The van der Waals surface area contributed by atoms with Gasteiger partial charge in [-0.25, -0.2) is 0 Å². The first-order valence-corrected chi connectivity index (χ1v) is 6.99. The number of hydrogen-bond donors (Lipinski definition) is 2. The summed E-state index contributed by atoms with van der Waals surface area (Å²) in [4.78, 5) is 0. The third-order valence-corrected chi connectivity index (χ3v) is 4.28. The van der Waals surface area contributed by atoms with Gasteiger partial charge in [0.2, 0.25) is 0 Å². The van der Waals surface area contributed by atoms with Crippen molar-refractivity contribution in [3.63, 3.8) is 0 Å². The fourth-order valence-corrected chi connectivity index (χ4v) is 3.18. The van der Waals surface area contributed by atoms with E-state index in [9.17, 15) is 8.42 Å². The summed E-state index contributed by atoms with van der Waals surface area (Å²) in [5, 5.41) is 13.0. The topological polar surface area (TPSA) is 104 Å². The fourth-order valence-electron chi connectivity index (χ4n) is 1.87. The zero-order chi connectivity index (χ0) is 12.3. The Kier molecular flexibility index (Phi) is 3.69. The molecule has 0 amide bonds. The molecule has 2 rings (SSSR count). The van der Waals surface area contributed by atoms with Gasteiger partial charge in [-0.2, -0.15) is 22.7 Å². The van der Waals surface area contributed by atoms with Gasteiger partial charge in [0.15, 0.2) is 5.82 Å². The minimum Gasteiger partial charge on any atom is -0.195 e. The predicted octanol–water partition coefficient (Wildman–Crippen LogP) is -0.734. The molecule has 1 aromatic heterocycles. The Bertz CT molecular complexity index is 445. The van der Waals surface area contributed by atoms with E-state index in [0.717, 1.165) is 12.8 Å². The third-order valence-electron chi connectivity index (χ3n) is 2.76. The van der Waals surface area contributed by atoms with E-state index in [1.165, 1.54) is 4.31 Å². The van der Waals surface area contributed by atoms with Crippen molar-refractivity contribution in [2.75, 3.05) is 13.1 Å². The highest BCUT2D eigenvalue weighted by Gasteiger charge is 2.26. The molecule has 8 nitrogen and oxygen atoms in total. The van der Waals surface area contributed by atoms with Crippen LogP contribution in [-0.4, -0.2) is 46.4 Å². The van der Waals surface area contributed by atoms with Gasteiger partial charge < -0.3 is 0 Å². The molecule has 0 aromatic carbocycles. The summed E-state index contributed by atoms with van der Waals surface area (Å²) in [5.74, 6) is 0.740. The van der Waals surface area contributed by atoms with Crippen LogP contribution < -0.4 is 4.72 Å². The Hall–Kier alpha value is -1.06. The number of aromatic amines is 1. The highest BCUT2D eigenvalue weighted by molar-refractivity contribution is 7.87. The highest BCUT2D eigenvalue weighted by atomic mass is 32.2. The second-order valence-electron chi connectivity index (χ2n) is 4.26. The number of rotatable bonds is 4. The Balaban J connectivity index is 1.94. The Morgan fingerprint density at radius 1 is 1.59 bits per heavy atom. The van der Waals surface area contributed by atoms with Crippen LogP contribution in [0.3, 0.4) is 0 Å². The van der Waals surface area contributed by atoms with Crippen LogP contribution in [0.15, 0.2) is 0 Å². The minimum absolute atomic E-state index is 0.0592. The van der Waals surface area contributed by atoms with Crippen molar-refractivity contribution in [1.82, 2.24) is 29.7 Å². The van der Waals surface area contributed by atoms with Crippen molar-refractivity contribution in [3.05, 3.63) is 5.82 Å². The molecule has 0 radical (unpaired) electrons. The normalized spacial score (nSPS) is 22.8. The third kappa shape index (κ3) is 3.20. The lowest BCUT2D eigenvalue weighted by atomic mass is 10.0. The van der Waals surface area contributed by atoms with Crippen LogP contribution in [0, 0.1) is 5.92 Å². The molecule has 0 saturated carbocycles. The molecule has 1 saturated heterocycles. The second kappa shape index (κ2) is 5.07. The summed E-state index contributed by atoms with van der Waals surface area (Å²) in [6, 6.07) is 0. The van der Waals surface area contributed by atoms with E-state index in [0.29, 0.717) is 24.8 Å². The number of tetrazole rings is 1. The van der Waals surface area contributed by atoms with Crippen LogP contribution >= 0.6 is 0 Å². The van der Waals surface area contributed by atoms with Crippen LogP contribution in [0.5, 0.6) is 0 Å². The van der Waals surface area contributed by atoms with Crippen LogP contribution in [0.4, 0.5) is 0 Å². The number of nitrogens with one attached hydrogen (secondary N) is 2. The van der Waals surface area contributed by atoms with Gasteiger partial charge in [0.05, 0.1) is 6.54 Å². The van der Waals surface area contributed by atoms with Crippen LogP contribution in [0.1, 0.15) is 25.6 Å². The molecule has 1 aromatic rings. The Morgan fingerprint density at radius 2 is 2.41 bits per heavy atom. The average Bonchev–Trinajstić information content (AvgIpc) is 2.79. The van der Waals surface area contributed by atoms with Crippen LogP contribution in [-0.2, 0) is 16.8 Å². The average molecular weight is 260 g/mol. The second-order valence-corrected chi connectivity index (χ2v) is 6.01. The summed E-state index contributed by atoms with van der Waals surface area (Å²) in [5.41, 5.74) is 0. The van der Waals surface area contributed by atoms with Crippen molar-refractivity contribution in [1.29, 1.82) is 0 Å². The minimum atomic E-state index is -3.43. The fraction of sp³-hybridized carbons (Fsp3) is 0.875. The van der Waals surface area contributed by atoms with E-state index in [-0.39, 0.29) is 6.54 Å². The Morgan fingerprint density at radius 3 is 3.06 bits per heavy atom. The SMILES string of the molecule is CC1CCCN(S(=O)(=O)NCc2nn[nH]n2)C1. The van der Waals surface area contributed by atoms with Gasteiger partial charge in [0.25, 0.3) is 10.2 Å². The van der Waals surface area contributed by atoms with Crippen LogP contribution in [0.25, 0.3) is 0 Å². The molecule has 17 heavy (non-hydrogen) atoms. The number of H-pyrrole nitrogens is 1. The van der Waals surface area contributed by atoms with Gasteiger partial charge in [-0.3, -0.25) is 0 Å². The number of aromatic nitrogens is 4. The largest absolute Gasteiger partial charge is 0.279 e. The maximum absolute atomic E-state index is 12.0. The first-order chi connectivity index (χ1) is 8.08. The van der Waals surface area contributed by atoms with Gasteiger partial charge in [-0.1, -0.05) is 12.1 Å². The lowest BCUT2D eigenvalue weighted by Crippen LogP contribution is -2.45. The molecule has 0 aliphatic carbocycles. The van der Waals surface area contributed by atoms with Gasteiger partial charge in [-0.05, 0) is 18.8 Å². The Labute approximate surface area is 100.0 Å². The van der Waals surface area contributed by atoms with Crippen molar-refractivity contribution < 1.29 is 8.42 Å². The number of nitrogens with zero attached hydrogens (tertiary/aromatic N) is 4. The van der Waals surface area contributed by atoms with E-state index in [4.69, 9.17) is 0 Å². The van der Waals surface area contributed by atoms with E-state index >= 15 is 0 Å². The van der Waals surface area contributed by atoms with Gasteiger partial charge >= 0.3 is 0 Å². The zero-order valence-corrected chi connectivity index (χ0v) is 10.4. The zero-order valence-electron chi connectivity index (χ0n) is 9.63. The van der Waals surface area contributed by atoms with E-state index in [1.807, 2.05) is 0 Å². The highest BCUT2D eigenvalue weighted by Crippen LogP contribution is 2.17. The number of piperidine rings is 1. The van der Waals surface area contributed by atoms with Crippen molar-refractivity contribution in [2.45, 2.75) is 26.3 Å². The standard InChI is InChI=1S/C8H16N6O2S/c1-7-3-2-4-14(6-7)17(15,16)9-5-8-10-12-13-11-8/h7,9H,2-6H2,1H3,(H,10,11,12,13). The molecular formula is C8H16N6O2S. The van der Waals surface area contributed by atoms with Crippen molar-refractivity contribution in [3.8, 4) is 0 Å². The molecular weight excluding hydrogens is 244 g/mol. The molecule has 1 atom stereocenters. The lowest BCUT2D eigenvalue weighted by Gasteiger charge is -2.29. The molecule has 2 N–H and O–H groups in total. The quantitative estimate of drug-likeness (QED) is 0.742. The van der Waals surface area contributed by atoms with Gasteiger partial charge in [0.1, 0.15) is 0 Å². The van der Waals surface area contributed by atoms with Crippen molar-refractivity contribution >= 4 is 10.2 Å². The van der Waals surface area contributed by atoms with Gasteiger partial charge in [0, 0.05) is 13.1 Å². The van der Waals surface area contributed by atoms with E-state index < -0.39 is 10.2 Å². The first-order valence-electron chi connectivity index (χ1n) is 5.55. The molecule has 9 heteroatoms. The summed E-state index contributed by atoms with van der Waals surface area (Å²) < 4.78 is 27.8. The predicted molar refractivity (Wildman–Crippen MR) is 59.9 cm³/mol. The molecule has 1 aliphatic heterocycles. The summed E-state index contributed by atoms with van der Waals surface area (Å²) >= 11 is 0. The van der Waals surface area contributed by atoms with E-state index in [1.54, 1.807) is 0 Å². The molecule has 96 valence electrons. The summed E-state index contributed by atoms with van der Waals surface area (Å²) in [6.07, 6.45) is 1.99. The summed E-state index contributed by atoms with van der Waals surface area (Å²) in [7, 11) is -3.43.